The van der Waals surface area contributed by atoms with Crippen molar-refractivity contribution in [1.29, 1.82) is 0 Å². The first kappa shape index (κ1) is 13.0. The van der Waals surface area contributed by atoms with E-state index in [4.69, 9.17) is 10.5 Å². The van der Waals surface area contributed by atoms with E-state index >= 15 is 0 Å². The molecule has 1 saturated heterocycles. The summed E-state index contributed by atoms with van der Waals surface area (Å²) in [5.74, 6) is -0.713. The van der Waals surface area contributed by atoms with E-state index in [1.54, 1.807) is 19.1 Å². The molecule has 0 aliphatic carbocycles. The number of aryl methyl sites for hydroxylation is 1. The van der Waals surface area contributed by atoms with Crippen LogP contribution >= 0.6 is 0 Å². The molecule has 5 heteroatoms. The van der Waals surface area contributed by atoms with Crippen LogP contribution in [0.15, 0.2) is 18.2 Å². The third-order valence-electron chi connectivity index (χ3n) is 3.11. The van der Waals surface area contributed by atoms with Crippen molar-refractivity contribution in [2.75, 3.05) is 11.9 Å². The van der Waals surface area contributed by atoms with E-state index < -0.39 is 11.9 Å². The molecular weight excluding hydrogens is 235 g/mol. The van der Waals surface area contributed by atoms with Gasteiger partial charge in [0, 0.05) is 6.54 Å². The van der Waals surface area contributed by atoms with Gasteiger partial charge in [0.2, 0.25) is 0 Å². The Morgan fingerprint density at radius 2 is 2.33 bits per heavy atom. The molecule has 0 saturated carbocycles. The Morgan fingerprint density at radius 1 is 1.56 bits per heavy atom. The minimum Gasteiger partial charge on any atom is -0.364 e. The minimum absolute atomic E-state index is 0.0666. The zero-order valence-electron chi connectivity index (χ0n) is 10.3. The lowest BCUT2D eigenvalue weighted by molar-refractivity contribution is -0.126. The van der Waals surface area contributed by atoms with E-state index in [2.05, 4.69) is 5.32 Å². The number of amides is 1. The lowest BCUT2D eigenvalue weighted by Gasteiger charge is -2.13. The van der Waals surface area contributed by atoms with E-state index in [0.717, 1.165) is 6.42 Å². The van der Waals surface area contributed by atoms with Gasteiger partial charge in [0.1, 0.15) is 11.9 Å². The summed E-state index contributed by atoms with van der Waals surface area (Å²) in [6, 6.07) is 4.89. The SMILES string of the molecule is Cc1cccc(NC(=O)C2CCC(CN)O2)c1F. The molecule has 2 unspecified atom stereocenters. The summed E-state index contributed by atoms with van der Waals surface area (Å²) >= 11 is 0. The molecule has 1 aromatic carbocycles. The summed E-state index contributed by atoms with van der Waals surface area (Å²) in [5.41, 5.74) is 6.17. The highest BCUT2D eigenvalue weighted by Crippen LogP contribution is 2.22. The second-order valence-electron chi connectivity index (χ2n) is 4.49. The van der Waals surface area contributed by atoms with Crippen LogP contribution in [0, 0.1) is 12.7 Å². The Bertz CT molecular complexity index is 451. The fourth-order valence-corrected chi connectivity index (χ4v) is 2.03. The number of rotatable bonds is 3. The van der Waals surface area contributed by atoms with E-state index in [9.17, 15) is 9.18 Å². The Balaban J connectivity index is 2.01. The molecule has 1 aromatic rings. The van der Waals surface area contributed by atoms with Gasteiger partial charge in [-0.2, -0.15) is 0 Å². The number of benzene rings is 1. The highest BCUT2D eigenvalue weighted by molar-refractivity contribution is 5.94. The van der Waals surface area contributed by atoms with Crippen molar-refractivity contribution >= 4 is 11.6 Å². The average Bonchev–Trinajstić information content (AvgIpc) is 2.83. The van der Waals surface area contributed by atoms with Crippen LogP contribution in [0.3, 0.4) is 0 Å². The molecule has 1 fully saturated rings. The largest absolute Gasteiger partial charge is 0.364 e. The van der Waals surface area contributed by atoms with Crippen molar-refractivity contribution in [3.8, 4) is 0 Å². The van der Waals surface area contributed by atoms with Gasteiger partial charge in [-0.3, -0.25) is 4.79 Å². The summed E-state index contributed by atoms with van der Waals surface area (Å²) < 4.78 is 19.2. The number of carbonyl (C=O) groups is 1. The Hall–Kier alpha value is -1.46. The zero-order chi connectivity index (χ0) is 13.1. The average molecular weight is 252 g/mol. The maximum Gasteiger partial charge on any atom is 0.253 e. The smallest absolute Gasteiger partial charge is 0.253 e. The Kier molecular flexibility index (Phi) is 3.93. The van der Waals surface area contributed by atoms with Gasteiger partial charge in [-0.15, -0.1) is 0 Å². The quantitative estimate of drug-likeness (QED) is 0.858. The van der Waals surface area contributed by atoms with Gasteiger partial charge in [-0.1, -0.05) is 12.1 Å². The van der Waals surface area contributed by atoms with E-state index in [-0.39, 0.29) is 17.7 Å². The molecule has 1 amide bonds. The molecule has 2 rings (SSSR count). The van der Waals surface area contributed by atoms with Crippen molar-refractivity contribution in [2.24, 2.45) is 5.73 Å². The van der Waals surface area contributed by atoms with E-state index in [1.807, 2.05) is 0 Å². The minimum atomic E-state index is -0.529. The summed E-state index contributed by atoms with van der Waals surface area (Å²) in [4.78, 5) is 11.9. The third kappa shape index (κ3) is 2.68. The summed E-state index contributed by atoms with van der Waals surface area (Å²) in [7, 11) is 0. The lowest BCUT2D eigenvalue weighted by atomic mass is 10.1. The molecule has 0 bridgehead atoms. The number of carbonyl (C=O) groups excluding carboxylic acids is 1. The predicted octanol–water partition coefficient (Wildman–Crippen LogP) is 1.58. The van der Waals surface area contributed by atoms with Gasteiger partial charge in [0.25, 0.3) is 5.91 Å². The van der Waals surface area contributed by atoms with Crippen LogP contribution in [0.2, 0.25) is 0 Å². The number of halogens is 1. The topological polar surface area (TPSA) is 64.4 Å². The van der Waals surface area contributed by atoms with Crippen LogP contribution in [-0.2, 0) is 9.53 Å². The van der Waals surface area contributed by atoms with Crippen LogP contribution in [0.5, 0.6) is 0 Å². The number of nitrogens with two attached hydrogens (primary N) is 1. The van der Waals surface area contributed by atoms with Gasteiger partial charge < -0.3 is 15.8 Å². The van der Waals surface area contributed by atoms with Crippen molar-refractivity contribution in [3.63, 3.8) is 0 Å². The molecule has 0 spiro atoms. The standard InChI is InChI=1S/C13H17FN2O2/c1-8-3-2-4-10(12(8)14)16-13(17)11-6-5-9(7-15)18-11/h2-4,9,11H,5-7,15H2,1H3,(H,16,17). The van der Waals surface area contributed by atoms with Crippen LogP contribution in [0.1, 0.15) is 18.4 Å². The van der Waals surface area contributed by atoms with Crippen molar-refractivity contribution in [3.05, 3.63) is 29.6 Å². The molecule has 0 aromatic heterocycles. The first-order chi connectivity index (χ1) is 8.61. The van der Waals surface area contributed by atoms with Gasteiger partial charge >= 0.3 is 0 Å². The van der Waals surface area contributed by atoms with Gasteiger partial charge in [-0.25, -0.2) is 4.39 Å². The fraction of sp³-hybridized carbons (Fsp3) is 0.462. The fourth-order valence-electron chi connectivity index (χ4n) is 2.03. The number of hydrogen-bond acceptors (Lipinski definition) is 3. The first-order valence-electron chi connectivity index (χ1n) is 6.03. The number of nitrogens with one attached hydrogen (secondary N) is 1. The van der Waals surface area contributed by atoms with Crippen molar-refractivity contribution in [2.45, 2.75) is 32.0 Å². The van der Waals surface area contributed by atoms with Crippen LogP contribution in [-0.4, -0.2) is 24.7 Å². The second kappa shape index (κ2) is 5.46. The predicted molar refractivity (Wildman–Crippen MR) is 66.7 cm³/mol. The zero-order valence-corrected chi connectivity index (χ0v) is 10.3. The molecule has 4 nitrogen and oxygen atoms in total. The molecule has 2 atom stereocenters. The molecular formula is C13H17FN2O2. The van der Waals surface area contributed by atoms with Gasteiger partial charge in [-0.05, 0) is 31.4 Å². The summed E-state index contributed by atoms with van der Waals surface area (Å²) in [6.07, 6.45) is 0.799. The van der Waals surface area contributed by atoms with E-state index in [0.29, 0.717) is 18.5 Å². The van der Waals surface area contributed by atoms with Crippen LogP contribution in [0.4, 0.5) is 10.1 Å². The van der Waals surface area contributed by atoms with Crippen LogP contribution < -0.4 is 11.1 Å². The van der Waals surface area contributed by atoms with Crippen molar-refractivity contribution in [1.82, 2.24) is 0 Å². The normalized spacial score (nSPS) is 23.1. The molecule has 3 N–H and O–H groups in total. The highest BCUT2D eigenvalue weighted by Gasteiger charge is 2.30. The first-order valence-corrected chi connectivity index (χ1v) is 6.03. The molecule has 0 radical (unpaired) electrons. The highest BCUT2D eigenvalue weighted by atomic mass is 19.1. The maximum absolute atomic E-state index is 13.7. The molecule has 1 aliphatic rings. The Morgan fingerprint density at radius 3 is 3.00 bits per heavy atom. The monoisotopic (exact) mass is 252 g/mol. The Labute approximate surface area is 105 Å². The third-order valence-corrected chi connectivity index (χ3v) is 3.11. The lowest BCUT2D eigenvalue weighted by Crippen LogP contribution is -2.30. The van der Waals surface area contributed by atoms with Gasteiger partial charge in [0.15, 0.2) is 0 Å². The molecule has 18 heavy (non-hydrogen) atoms. The number of ether oxygens (including phenoxy) is 1. The molecule has 1 aliphatic heterocycles. The van der Waals surface area contributed by atoms with Crippen molar-refractivity contribution < 1.29 is 13.9 Å². The summed E-state index contributed by atoms with van der Waals surface area (Å²) in [6.45, 7) is 2.06. The van der Waals surface area contributed by atoms with Gasteiger partial charge in [0.05, 0.1) is 11.8 Å². The van der Waals surface area contributed by atoms with E-state index in [1.165, 1.54) is 6.07 Å². The maximum atomic E-state index is 13.7. The second-order valence-corrected chi connectivity index (χ2v) is 4.49. The summed E-state index contributed by atoms with van der Waals surface area (Å²) in [5, 5.41) is 2.56. The van der Waals surface area contributed by atoms with Crippen LogP contribution in [0.25, 0.3) is 0 Å². The molecule has 98 valence electrons. The number of hydrogen-bond donors (Lipinski definition) is 2. The molecule has 1 heterocycles. The number of anilines is 1.